The number of halogens is 2. The van der Waals surface area contributed by atoms with Gasteiger partial charge in [0.2, 0.25) is 0 Å². The average molecular weight is 337 g/mol. The van der Waals surface area contributed by atoms with E-state index in [2.05, 4.69) is 6.92 Å². The number of benzene rings is 1. The van der Waals surface area contributed by atoms with Crippen molar-refractivity contribution < 1.29 is 13.2 Å². The molecule has 0 saturated heterocycles. The van der Waals surface area contributed by atoms with E-state index >= 15 is 0 Å². The van der Waals surface area contributed by atoms with E-state index in [4.69, 9.17) is 27.0 Å². The van der Waals surface area contributed by atoms with Crippen LogP contribution >= 0.6 is 22.3 Å². The largest absolute Gasteiger partial charge is 0.489 e. The zero-order chi connectivity index (χ0) is 14.8. The van der Waals surface area contributed by atoms with Crippen LogP contribution in [0.2, 0.25) is 5.02 Å². The lowest BCUT2D eigenvalue weighted by molar-refractivity contribution is 0.130. The molecule has 2 rings (SSSR count). The Kier molecular flexibility index (Phi) is 5.21. The minimum Gasteiger partial charge on any atom is -0.489 e. The van der Waals surface area contributed by atoms with Crippen LogP contribution in [0, 0.1) is 5.92 Å². The monoisotopic (exact) mass is 336 g/mol. The second-order valence-corrected chi connectivity index (χ2v) is 8.17. The molecular weight excluding hydrogens is 319 g/mol. The van der Waals surface area contributed by atoms with Crippen molar-refractivity contribution in [3.63, 3.8) is 0 Å². The van der Waals surface area contributed by atoms with Gasteiger partial charge in [-0.1, -0.05) is 24.9 Å². The van der Waals surface area contributed by atoms with Gasteiger partial charge in [0, 0.05) is 10.7 Å². The summed E-state index contributed by atoms with van der Waals surface area (Å²) in [5.74, 6) is 1.32. The summed E-state index contributed by atoms with van der Waals surface area (Å²) >= 11 is 6.06. The lowest BCUT2D eigenvalue weighted by Crippen LogP contribution is -2.24. The van der Waals surface area contributed by atoms with Gasteiger partial charge in [-0.25, -0.2) is 8.42 Å². The maximum Gasteiger partial charge on any atom is 0.261 e. The van der Waals surface area contributed by atoms with Gasteiger partial charge in [-0.05, 0) is 49.8 Å². The Balaban J connectivity index is 2.04. The van der Waals surface area contributed by atoms with E-state index in [1.54, 1.807) is 6.07 Å². The summed E-state index contributed by atoms with van der Waals surface area (Å²) in [6, 6.07) is 4.32. The second kappa shape index (κ2) is 6.54. The fourth-order valence-corrected chi connectivity index (χ4v) is 3.63. The van der Waals surface area contributed by atoms with E-state index in [1.807, 2.05) is 0 Å². The predicted octanol–water partition coefficient (Wildman–Crippen LogP) is 4.62. The van der Waals surface area contributed by atoms with E-state index in [9.17, 15) is 8.42 Å². The van der Waals surface area contributed by atoms with Crippen LogP contribution in [0.25, 0.3) is 0 Å². The Morgan fingerprint density at radius 2 is 1.90 bits per heavy atom. The number of ether oxygens (including phenoxy) is 1. The number of hydrogen-bond donors (Lipinski definition) is 0. The molecular formula is C14H18Cl2O3S. The molecule has 0 N–H and O–H groups in total. The summed E-state index contributed by atoms with van der Waals surface area (Å²) in [5.41, 5.74) is 0. The van der Waals surface area contributed by atoms with Crippen LogP contribution in [0.4, 0.5) is 0 Å². The molecule has 1 aliphatic carbocycles. The van der Waals surface area contributed by atoms with Crippen LogP contribution < -0.4 is 4.74 Å². The van der Waals surface area contributed by atoms with Crippen molar-refractivity contribution in [1.82, 2.24) is 0 Å². The van der Waals surface area contributed by atoms with Crippen molar-refractivity contribution >= 4 is 31.3 Å². The molecule has 112 valence electrons. The smallest absolute Gasteiger partial charge is 0.261 e. The van der Waals surface area contributed by atoms with Gasteiger partial charge in [-0.3, -0.25) is 0 Å². The molecule has 0 unspecified atom stereocenters. The van der Waals surface area contributed by atoms with Crippen LogP contribution in [0.3, 0.4) is 0 Å². The topological polar surface area (TPSA) is 43.4 Å². The lowest BCUT2D eigenvalue weighted by atomic mass is 9.86. The Bertz CT molecular complexity index is 564. The van der Waals surface area contributed by atoms with Gasteiger partial charge in [0.1, 0.15) is 5.75 Å². The molecule has 0 atom stereocenters. The molecule has 0 amide bonds. The maximum atomic E-state index is 11.2. The van der Waals surface area contributed by atoms with Gasteiger partial charge in [-0.2, -0.15) is 0 Å². The van der Waals surface area contributed by atoms with Gasteiger partial charge in [-0.15, -0.1) is 0 Å². The molecule has 0 aliphatic heterocycles. The third-order valence-corrected chi connectivity index (χ3v) is 5.50. The first-order chi connectivity index (χ1) is 9.40. The highest BCUT2D eigenvalue weighted by Crippen LogP contribution is 2.33. The van der Waals surface area contributed by atoms with Crippen LogP contribution in [0.1, 0.15) is 39.0 Å². The standard InChI is InChI=1S/C14H18Cl2O3S/c1-2-10-3-5-11(6-4-10)19-14-8-7-12(9-13(14)15)20(16,17)18/h7-11H,2-6H2,1H3. The Morgan fingerprint density at radius 3 is 2.40 bits per heavy atom. The molecule has 0 aromatic heterocycles. The van der Waals surface area contributed by atoms with Crippen molar-refractivity contribution in [2.45, 2.75) is 50.0 Å². The molecule has 1 aliphatic rings. The molecule has 1 saturated carbocycles. The van der Waals surface area contributed by atoms with Gasteiger partial charge in [0.25, 0.3) is 9.05 Å². The van der Waals surface area contributed by atoms with Crippen molar-refractivity contribution in [2.75, 3.05) is 0 Å². The number of hydrogen-bond acceptors (Lipinski definition) is 3. The summed E-state index contributed by atoms with van der Waals surface area (Å²) < 4.78 is 28.3. The molecule has 0 bridgehead atoms. The zero-order valence-corrected chi connectivity index (χ0v) is 13.6. The lowest BCUT2D eigenvalue weighted by Gasteiger charge is -2.28. The van der Waals surface area contributed by atoms with Gasteiger partial charge in [0.05, 0.1) is 16.0 Å². The number of rotatable bonds is 4. The first kappa shape index (κ1) is 15.9. The molecule has 20 heavy (non-hydrogen) atoms. The van der Waals surface area contributed by atoms with Crippen LogP contribution in [-0.2, 0) is 9.05 Å². The van der Waals surface area contributed by atoms with Crippen LogP contribution in [0.5, 0.6) is 5.75 Å². The highest BCUT2D eigenvalue weighted by atomic mass is 35.7. The van der Waals surface area contributed by atoms with Crippen molar-refractivity contribution in [3.05, 3.63) is 23.2 Å². The molecule has 1 aromatic rings. The fourth-order valence-electron chi connectivity index (χ4n) is 2.57. The van der Waals surface area contributed by atoms with Gasteiger partial charge in [0.15, 0.2) is 0 Å². The maximum absolute atomic E-state index is 11.2. The normalized spacial score (nSPS) is 23.6. The minimum absolute atomic E-state index is 0.00814. The highest BCUT2D eigenvalue weighted by molar-refractivity contribution is 8.13. The third kappa shape index (κ3) is 4.03. The molecule has 1 aromatic carbocycles. The van der Waals surface area contributed by atoms with Crippen LogP contribution in [0.15, 0.2) is 23.1 Å². The molecule has 0 heterocycles. The Morgan fingerprint density at radius 1 is 1.25 bits per heavy atom. The van der Waals surface area contributed by atoms with E-state index in [0.717, 1.165) is 18.8 Å². The molecule has 1 fully saturated rings. The molecule has 3 nitrogen and oxygen atoms in total. The van der Waals surface area contributed by atoms with E-state index < -0.39 is 9.05 Å². The SMILES string of the molecule is CCC1CCC(Oc2ccc(S(=O)(=O)Cl)cc2Cl)CC1. The first-order valence-corrected chi connectivity index (χ1v) is 9.49. The Hall–Kier alpha value is -0.450. The predicted molar refractivity (Wildman–Crippen MR) is 81.2 cm³/mol. The van der Waals surface area contributed by atoms with Gasteiger partial charge >= 0.3 is 0 Å². The van der Waals surface area contributed by atoms with Crippen molar-refractivity contribution in [1.29, 1.82) is 0 Å². The summed E-state index contributed by atoms with van der Waals surface area (Å²) in [6.07, 6.45) is 5.76. The van der Waals surface area contributed by atoms with E-state index in [1.165, 1.54) is 31.4 Å². The fraction of sp³-hybridized carbons (Fsp3) is 0.571. The molecule has 0 spiro atoms. The summed E-state index contributed by atoms with van der Waals surface area (Å²) in [5, 5.41) is 0.282. The zero-order valence-electron chi connectivity index (χ0n) is 11.3. The minimum atomic E-state index is -3.75. The highest BCUT2D eigenvalue weighted by Gasteiger charge is 2.22. The van der Waals surface area contributed by atoms with Crippen molar-refractivity contribution in [2.24, 2.45) is 5.92 Å². The van der Waals surface area contributed by atoms with Crippen LogP contribution in [-0.4, -0.2) is 14.5 Å². The summed E-state index contributed by atoms with van der Waals surface area (Å²) in [4.78, 5) is -0.00814. The second-order valence-electron chi connectivity index (χ2n) is 5.20. The summed E-state index contributed by atoms with van der Waals surface area (Å²) in [7, 11) is 1.53. The Labute approximate surface area is 129 Å². The van der Waals surface area contributed by atoms with E-state index in [0.29, 0.717) is 5.75 Å². The first-order valence-electron chi connectivity index (χ1n) is 6.81. The van der Waals surface area contributed by atoms with Gasteiger partial charge < -0.3 is 4.74 Å². The average Bonchev–Trinajstić information content (AvgIpc) is 2.41. The molecule has 0 radical (unpaired) electrons. The molecule has 6 heteroatoms. The summed E-state index contributed by atoms with van der Waals surface area (Å²) in [6.45, 7) is 2.22. The third-order valence-electron chi connectivity index (χ3n) is 3.85. The van der Waals surface area contributed by atoms with E-state index in [-0.39, 0.29) is 16.0 Å². The van der Waals surface area contributed by atoms with Crippen molar-refractivity contribution in [3.8, 4) is 5.75 Å². The quantitative estimate of drug-likeness (QED) is 0.753.